The van der Waals surface area contributed by atoms with Crippen LogP contribution in [-0.4, -0.2) is 46.0 Å². The van der Waals surface area contributed by atoms with Crippen molar-refractivity contribution in [2.45, 2.75) is 6.42 Å². The van der Waals surface area contributed by atoms with E-state index >= 15 is 0 Å². The van der Waals surface area contributed by atoms with Crippen molar-refractivity contribution in [3.05, 3.63) is 18.0 Å². The molecule has 1 saturated heterocycles. The number of amides is 2. The number of nitrogens with one attached hydrogen (secondary N) is 2. The van der Waals surface area contributed by atoms with E-state index in [4.69, 9.17) is 0 Å². The molecule has 0 aliphatic carbocycles. The highest BCUT2D eigenvalue weighted by Crippen LogP contribution is 2.08. The van der Waals surface area contributed by atoms with Crippen molar-refractivity contribution in [2.75, 3.05) is 31.1 Å². The lowest BCUT2D eigenvalue weighted by Crippen LogP contribution is -2.48. The van der Waals surface area contributed by atoms with Gasteiger partial charge in [0.05, 0.1) is 6.54 Å². The lowest BCUT2D eigenvalue weighted by atomic mass is 10.2. The number of halogens is 1. The number of anilines is 1. The van der Waals surface area contributed by atoms with Gasteiger partial charge in [-0.15, -0.1) is 0 Å². The van der Waals surface area contributed by atoms with Gasteiger partial charge in [-0.3, -0.25) is 9.59 Å². The minimum atomic E-state index is -0.0746. The monoisotopic (exact) mass is 375 g/mol. The lowest BCUT2D eigenvalue weighted by molar-refractivity contribution is -0.120. The van der Waals surface area contributed by atoms with Crippen molar-refractivity contribution in [3.63, 3.8) is 0 Å². The van der Waals surface area contributed by atoms with Gasteiger partial charge in [-0.25, -0.2) is 9.97 Å². The molecule has 2 N–H and O–H groups in total. The molecule has 2 heterocycles. The highest BCUT2D eigenvalue weighted by atomic mass is 127. The quantitative estimate of drug-likeness (QED) is 0.443. The number of nitrogens with zero attached hydrogens (tertiary/aromatic N) is 3. The van der Waals surface area contributed by atoms with E-state index < -0.39 is 0 Å². The Balaban J connectivity index is 1.90. The molecule has 19 heavy (non-hydrogen) atoms. The minimum Gasteiger partial charge on any atom is -0.353 e. The first kappa shape index (κ1) is 14.0. The number of hydrogen-bond donors (Lipinski definition) is 2. The van der Waals surface area contributed by atoms with Crippen molar-refractivity contribution in [3.8, 4) is 0 Å². The number of hydrogen-bond acceptors (Lipinski definition) is 5. The fourth-order valence-electron chi connectivity index (χ4n) is 1.75. The van der Waals surface area contributed by atoms with Crippen molar-refractivity contribution < 1.29 is 9.59 Å². The number of carbonyl (C=O) groups excluding carboxylic acids is 2. The van der Waals surface area contributed by atoms with Gasteiger partial charge >= 0.3 is 0 Å². The Morgan fingerprint density at radius 1 is 1.47 bits per heavy atom. The second-order valence-corrected chi connectivity index (χ2v) is 5.09. The van der Waals surface area contributed by atoms with Gasteiger partial charge in [0.2, 0.25) is 11.9 Å². The van der Waals surface area contributed by atoms with Gasteiger partial charge in [0, 0.05) is 54.6 Å². The fraction of sp³-hybridized carbons (Fsp3) is 0.455. The number of carbonyl (C=O) groups is 2. The van der Waals surface area contributed by atoms with E-state index in [0.29, 0.717) is 32.0 Å². The van der Waals surface area contributed by atoms with Gasteiger partial charge in [0.1, 0.15) is 0 Å². The van der Waals surface area contributed by atoms with Crippen LogP contribution in [0.5, 0.6) is 0 Å². The molecule has 0 aromatic carbocycles. The van der Waals surface area contributed by atoms with E-state index in [2.05, 4.69) is 20.6 Å². The maximum atomic E-state index is 11.3. The molecular formula is C11H14IN5O2. The van der Waals surface area contributed by atoms with Crippen LogP contribution in [0.4, 0.5) is 10.7 Å². The van der Waals surface area contributed by atoms with E-state index in [-0.39, 0.29) is 9.82 Å². The molecule has 1 aliphatic rings. The zero-order chi connectivity index (χ0) is 13.7. The summed E-state index contributed by atoms with van der Waals surface area (Å²) >= 11 is 1.70. The summed E-state index contributed by atoms with van der Waals surface area (Å²) in [6, 6.07) is 0. The van der Waals surface area contributed by atoms with Crippen LogP contribution in [0.25, 0.3) is 0 Å². The molecule has 0 saturated carbocycles. The molecule has 2 rings (SSSR count). The molecule has 0 unspecified atom stereocenters. The lowest BCUT2D eigenvalue weighted by Gasteiger charge is -2.26. The van der Waals surface area contributed by atoms with E-state index in [0.717, 1.165) is 12.1 Å². The summed E-state index contributed by atoms with van der Waals surface area (Å²) in [6.07, 6.45) is 4.15. The van der Waals surface area contributed by atoms with E-state index in [1.54, 1.807) is 35.0 Å². The zero-order valence-corrected chi connectivity index (χ0v) is 12.4. The second kappa shape index (κ2) is 6.64. The molecule has 102 valence electrons. The molecule has 0 bridgehead atoms. The van der Waals surface area contributed by atoms with Gasteiger partial charge in [-0.05, 0) is 12.0 Å². The predicted molar refractivity (Wildman–Crippen MR) is 78.4 cm³/mol. The van der Waals surface area contributed by atoms with Crippen LogP contribution in [0.2, 0.25) is 0 Å². The topological polar surface area (TPSA) is 87.2 Å². The first-order chi connectivity index (χ1) is 9.15. The highest BCUT2D eigenvalue weighted by molar-refractivity contribution is 14.1. The Morgan fingerprint density at radius 3 is 2.84 bits per heavy atom. The fourth-order valence-corrected chi connectivity index (χ4v) is 2.02. The summed E-state index contributed by atoms with van der Waals surface area (Å²) < 4.78 is -0.0746. The molecule has 0 radical (unpaired) electrons. The standard InChI is InChI=1S/C11H14IN5O2/c12-10(19)14-2-1-8-5-15-11(16-6-8)17-4-3-13-9(18)7-17/h5-6H,1-4,7H2,(H,13,18)(H,14,19). The molecule has 0 atom stereocenters. The maximum absolute atomic E-state index is 11.3. The van der Waals surface area contributed by atoms with Gasteiger partial charge < -0.3 is 15.5 Å². The van der Waals surface area contributed by atoms with Gasteiger partial charge in [-0.2, -0.15) is 0 Å². The van der Waals surface area contributed by atoms with E-state index in [9.17, 15) is 9.59 Å². The number of aromatic nitrogens is 2. The maximum Gasteiger partial charge on any atom is 0.280 e. The van der Waals surface area contributed by atoms with Gasteiger partial charge in [0.15, 0.2) is 0 Å². The van der Waals surface area contributed by atoms with Crippen molar-refractivity contribution in [1.29, 1.82) is 0 Å². The molecular weight excluding hydrogens is 361 g/mol. The van der Waals surface area contributed by atoms with Gasteiger partial charge in [0.25, 0.3) is 3.91 Å². The van der Waals surface area contributed by atoms with Crippen LogP contribution in [0.15, 0.2) is 12.4 Å². The van der Waals surface area contributed by atoms with E-state index in [1.807, 2.05) is 4.90 Å². The number of rotatable bonds is 4. The summed E-state index contributed by atoms with van der Waals surface area (Å²) in [5, 5.41) is 5.46. The predicted octanol–water partition coefficient (Wildman–Crippen LogP) is 0.0999. The zero-order valence-electron chi connectivity index (χ0n) is 10.2. The van der Waals surface area contributed by atoms with Gasteiger partial charge in [-0.1, -0.05) is 0 Å². The van der Waals surface area contributed by atoms with Crippen LogP contribution >= 0.6 is 22.6 Å². The molecule has 1 aromatic heterocycles. The Bertz CT molecular complexity index is 465. The Kier molecular flexibility index (Phi) is 4.88. The average Bonchev–Trinajstić information content (AvgIpc) is 2.39. The summed E-state index contributed by atoms with van der Waals surface area (Å²) in [7, 11) is 0. The second-order valence-electron chi connectivity index (χ2n) is 4.11. The number of piperazine rings is 1. The average molecular weight is 375 g/mol. The Morgan fingerprint density at radius 2 is 2.21 bits per heavy atom. The molecule has 1 aliphatic heterocycles. The first-order valence-electron chi connectivity index (χ1n) is 5.91. The van der Waals surface area contributed by atoms with Crippen LogP contribution in [0.3, 0.4) is 0 Å². The first-order valence-corrected chi connectivity index (χ1v) is 6.99. The molecule has 2 amide bonds. The normalized spacial score (nSPS) is 15.0. The van der Waals surface area contributed by atoms with Crippen LogP contribution in [0.1, 0.15) is 5.56 Å². The highest BCUT2D eigenvalue weighted by Gasteiger charge is 2.18. The van der Waals surface area contributed by atoms with Crippen LogP contribution in [0, 0.1) is 0 Å². The summed E-state index contributed by atoms with van der Waals surface area (Å²) in [5.74, 6) is 0.556. The molecule has 1 fully saturated rings. The molecule has 1 aromatic rings. The van der Waals surface area contributed by atoms with Crippen molar-refractivity contribution in [2.24, 2.45) is 0 Å². The summed E-state index contributed by atoms with van der Waals surface area (Å²) in [5.41, 5.74) is 0.954. The summed E-state index contributed by atoms with van der Waals surface area (Å²) in [6.45, 7) is 2.20. The summed E-state index contributed by atoms with van der Waals surface area (Å²) in [4.78, 5) is 32.3. The SMILES string of the molecule is O=C(I)NCCc1cnc(N2CCNC(=O)C2)nc1. The van der Waals surface area contributed by atoms with Crippen LogP contribution < -0.4 is 15.5 Å². The Hall–Kier alpha value is -1.45. The third-order valence-electron chi connectivity index (χ3n) is 2.69. The third kappa shape index (κ3) is 4.30. The largest absolute Gasteiger partial charge is 0.353 e. The molecule has 8 heteroatoms. The minimum absolute atomic E-state index is 0.0105. The third-order valence-corrected chi connectivity index (χ3v) is 3.07. The van der Waals surface area contributed by atoms with Crippen molar-refractivity contribution >= 4 is 38.4 Å². The van der Waals surface area contributed by atoms with Crippen LogP contribution in [-0.2, 0) is 11.2 Å². The van der Waals surface area contributed by atoms with Crippen molar-refractivity contribution in [1.82, 2.24) is 20.6 Å². The van der Waals surface area contributed by atoms with E-state index in [1.165, 1.54) is 0 Å². The molecule has 0 spiro atoms. The Labute approximate surface area is 124 Å². The smallest absolute Gasteiger partial charge is 0.280 e. The molecule has 7 nitrogen and oxygen atoms in total.